The van der Waals surface area contributed by atoms with Crippen molar-refractivity contribution in [3.63, 3.8) is 0 Å². The number of ether oxygens (including phenoxy) is 1. The van der Waals surface area contributed by atoms with Crippen molar-refractivity contribution in [3.8, 4) is 0 Å². The molecule has 5 nitrogen and oxygen atoms in total. The van der Waals surface area contributed by atoms with Crippen LogP contribution in [-0.4, -0.2) is 40.8 Å². The lowest BCUT2D eigenvalue weighted by atomic mass is 10.1. The fraction of sp³-hybridized carbons (Fsp3) is 0.714. The first-order valence-electron chi connectivity index (χ1n) is 6.98. The van der Waals surface area contributed by atoms with E-state index in [9.17, 15) is 4.79 Å². The molecule has 0 saturated carbocycles. The third-order valence-corrected chi connectivity index (χ3v) is 4.07. The Hall–Kier alpha value is -1.01. The first kappa shape index (κ1) is 15.4. The van der Waals surface area contributed by atoms with Crippen molar-refractivity contribution >= 4 is 18.3 Å². The summed E-state index contributed by atoms with van der Waals surface area (Å²) in [4.78, 5) is 14.3. The van der Waals surface area contributed by atoms with Gasteiger partial charge in [0.05, 0.1) is 24.1 Å². The molecule has 1 saturated heterocycles. The van der Waals surface area contributed by atoms with Crippen LogP contribution in [0.5, 0.6) is 0 Å². The highest BCUT2D eigenvalue weighted by atomic mass is 32.1. The first-order valence-corrected chi connectivity index (χ1v) is 7.61. The number of aromatic nitrogens is 2. The van der Waals surface area contributed by atoms with E-state index in [0.717, 1.165) is 24.5 Å². The van der Waals surface area contributed by atoms with E-state index in [1.807, 2.05) is 0 Å². The van der Waals surface area contributed by atoms with Crippen molar-refractivity contribution in [2.75, 3.05) is 30.3 Å². The number of thiol groups is 1. The van der Waals surface area contributed by atoms with Crippen LogP contribution in [0, 0.1) is 5.92 Å². The first-order chi connectivity index (χ1) is 9.41. The minimum atomic E-state index is -0.187. The van der Waals surface area contributed by atoms with Gasteiger partial charge in [0.1, 0.15) is 0 Å². The van der Waals surface area contributed by atoms with Crippen LogP contribution in [0.4, 0.5) is 5.69 Å². The second kappa shape index (κ2) is 6.18. The maximum Gasteiger partial charge on any atom is 0.268 e. The molecule has 112 valence electrons. The maximum atomic E-state index is 12.1. The summed E-state index contributed by atoms with van der Waals surface area (Å²) in [5.41, 5.74) is 0.634. The van der Waals surface area contributed by atoms with E-state index in [-0.39, 0.29) is 11.2 Å². The van der Waals surface area contributed by atoms with Crippen LogP contribution in [0.25, 0.3) is 0 Å². The van der Waals surface area contributed by atoms with E-state index >= 15 is 0 Å². The molecule has 2 heterocycles. The molecule has 2 rings (SSSR count). The molecule has 1 aromatic rings. The quantitative estimate of drug-likeness (QED) is 0.854. The van der Waals surface area contributed by atoms with E-state index < -0.39 is 0 Å². The molecule has 6 heteroatoms. The second-order valence-corrected chi connectivity index (χ2v) is 6.42. The van der Waals surface area contributed by atoms with Gasteiger partial charge in [0.15, 0.2) is 0 Å². The molecule has 20 heavy (non-hydrogen) atoms. The van der Waals surface area contributed by atoms with Crippen molar-refractivity contribution in [2.45, 2.75) is 32.9 Å². The Balaban J connectivity index is 2.14. The highest BCUT2D eigenvalue weighted by molar-refractivity contribution is 7.80. The van der Waals surface area contributed by atoms with Gasteiger partial charge in [-0.1, -0.05) is 6.92 Å². The minimum absolute atomic E-state index is 0.0552. The molecule has 0 spiro atoms. The molecule has 0 amide bonds. The van der Waals surface area contributed by atoms with E-state index in [2.05, 4.69) is 43.4 Å². The van der Waals surface area contributed by atoms with Gasteiger partial charge in [-0.15, -0.1) is 0 Å². The third kappa shape index (κ3) is 3.76. The molecule has 0 bridgehead atoms. The van der Waals surface area contributed by atoms with Crippen LogP contribution in [0.15, 0.2) is 17.1 Å². The van der Waals surface area contributed by atoms with Gasteiger partial charge in [0, 0.05) is 25.7 Å². The summed E-state index contributed by atoms with van der Waals surface area (Å²) in [6, 6.07) is 1.67. The number of rotatable bonds is 4. The Morgan fingerprint density at radius 1 is 1.55 bits per heavy atom. The number of nitrogens with zero attached hydrogens (tertiary/aromatic N) is 3. The SMILES string of the molecule is CC(CS)Cn1ncc(N2CCOC(C)(C)C2)cc1=O. The van der Waals surface area contributed by atoms with Gasteiger partial charge in [-0.25, -0.2) is 4.68 Å². The van der Waals surface area contributed by atoms with Crippen LogP contribution in [0.1, 0.15) is 20.8 Å². The molecule has 0 aromatic carbocycles. The van der Waals surface area contributed by atoms with Crippen LogP contribution >= 0.6 is 12.6 Å². The third-order valence-electron chi connectivity index (χ3n) is 3.44. The second-order valence-electron chi connectivity index (χ2n) is 6.05. The van der Waals surface area contributed by atoms with Gasteiger partial charge in [0.25, 0.3) is 5.56 Å². The number of hydrogen-bond acceptors (Lipinski definition) is 5. The van der Waals surface area contributed by atoms with Crippen molar-refractivity contribution in [1.82, 2.24) is 9.78 Å². The molecule has 1 aromatic heterocycles. The highest BCUT2D eigenvalue weighted by Gasteiger charge is 2.27. The zero-order valence-corrected chi connectivity index (χ0v) is 13.3. The van der Waals surface area contributed by atoms with Crippen molar-refractivity contribution in [3.05, 3.63) is 22.6 Å². The average molecular weight is 297 g/mol. The summed E-state index contributed by atoms with van der Waals surface area (Å²) in [7, 11) is 0. The number of hydrogen-bond donors (Lipinski definition) is 1. The van der Waals surface area contributed by atoms with Crippen molar-refractivity contribution in [1.29, 1.82) is 0 Å². The van der Waals surface area contributed by atoms with Crippen molar-refractivity contribution < 1.29 is 4.74 Å². The van der Waals surface area contributed by atoms with E-state index in [4.69, 9.17) is 4.74 Å². The zero-order chi connectivity index (χ0) is 14.8. The molecule has 1 aliphatic heterocycles. The lowest BCUT2D eigenvalue weighted by Gasteiger charge is -2.39. The molecular weight excluding hydrogens is 274 g/mol. The lowest BCUT2D eigenvalue weighted by Crippen LogP contribution is -2.48. The number of anilines is 1. The number of morpholine rings is 1. The van der Waals surface area contributed by atoms with Gasteiger partial charge < -0.3 is 9.64 Å². The Morgan fingerprint density at radius 3 is 2.90 bits per heavy atom. The minimum Gasteiger partial charge on any atom is -0.372 e. The Bertz CT molecular complexity index is 515. The largest absolute Gasteiger partial charge is 0.372 e. The topological polar surface area (TPSA) is 47.4 Å². The van der Waals surface area contributed by atoms with Crippen LogP contribution in [-0.2, 0) is 11.3 Å². The fourth-order valence-electron chi connectivity index (χ4n) is 2.32. The summed E-state index contributed by atoms with van der Waals surface area (Å²) in [6.07, 6.45) is 1.77. The summed E-state index contributed by atoms with van der Waals surface area (Å²) < 4.78 is 7.19. The van der Waals surface area contributed by atoms with Gasteiger partial charge >= 0.3 is 0 Å². The van der Waals surface area contributed by atoms with E-state index in [0.29, 0.717) is 19.1 Å². The van der Waals surface area contributed by atoms with Gasteiger partial charge in [0.2, 0.25) is 0 Å². The van der Waals surface area contributed by atoms with Gasteiger partial charge in [-0.05, 0) is 25.5 Å². The van der Waals surface area contributed by atoms with Crippen LogP contribution in [0.3, 0.4) is 0 Å². The summed E-state index contributed by atoms with van der Waals surface area (Å²) in [5.74, 6) is 1.07. The standard InChI is InChI=1S/C14H23N3O2S/c1-11(9-20)8-17-13(18)6-12(7-15-17)16-4-5-19-14(2,3)10-16/h6-7,11,20H,4-5,8-10H2,1-3H3. The van der Waals surface area contributed by atoms with Gasteiger partial charge in [-0.3, -0.25) is 4.79 Å². The molecule has 0 radical (unpaired) electrons. The predicted molar refractivity (Wildman–Crippen MR) is 83.8 cm³/mol. The Morgan fingerprint density at radius 2 is 2.30 bits per heavy atom. The maximum absolute atomic E-state index is 12.1. The highest BCUT2D eigenvalue weighted by Crippen LogP contribution is 2.21. The average Bonchev–Trinajstić information content (AvgIpc) is 2.39. The summed E-state index contributed by atoms with van der Waals surface area (Å²) >= 11 is 4.24. The fourth-order valence-corrected chi connectivity index (χ4v) is 2.44. The zero-order valence-electron chi connectivity index (χ0n) is 12.4. The smallest absolute Gasteiger partial charge is 0.268 e. The predicted octanol–water partition coefficient (Wildman–Crippen LogP) is 1.42. The molecule has 1 unspecified atom stereocenters. The molecule has 1 fully saturated rings. The Labute approximate surface area is 125 Å². The molecule has 1 aliphatic rings. The normalized spacial score (nSPS) is 19.9. The van der Waals surface area contributed by atoms with E-state index in [1.165, 1.54) is 4.68 Å². The summed E-state index contributed by atoms with van der Waals surface area (Å²) in [5, 5.41) is 4.28. The molecular formula is C14H23N3O2S. The van der Waals surface area contributed by atoms with Crippen LogP contribution < -0.4 is 10.5 Å². The molecule has 0 N–H and O–H groups in total. The van der Waals surface area contributed by atoms with Gasteiger partial charge in [-0.2, -0.15) is 17.7 Å². The summed E-state index contributed by atoms with van der Waals surface area (Å²) in [6.45, 7) is 9.01. The molecule has 1 atom stereocenters. The van der Waals surface area contributed by atoms with Crippen molar-refractivity contribution in [2.24, 2.45) is 5.92 Å². The Kier molecular flexibility index (Phi) is 4.75. The van der Waals surface area contributed by atoms with Crippen LogP contribution in [0.2, 0.25) is 0 Å². The van der Waals surface area contributed by atoms with E-state index in [1.54, 1.807) is 12.3 Å². The molecule has 0 aliphatic carbocycles. The monoisotopic (exact) mass is 297 g/mol. The lowest BCUT2D eigenvalue weighted by molar-refractivity contribution is -0.0277.